The van der Waals surface area contributed by atoms with Crippen molar-refractivity contribution in [2.45, 2.75) is 37.3 Å². The van der Waals surface area contributed by atoms with Gasteiger partial charge in [0.1, 0.15) is 5.69 Å². The van der Waals surface area contributed by atoms with Crippen molar-refractivity contribution in [2.75, 3.05) is 6.54 Å². The van der Waals surface area contributed by atoms with Crippen LogP contribution in [0, 0.1) is 0 Å². The first-order valence-corrected chi connectivity index (χ1v) is 7.25. The molecule has 104 valence electrons. The minimum Gasteiger partial charge on any atom is -0.350 e. The van der Waals surface area contributed by atoms with Gasteiger partial charge in [-0.25, -0.2) is 0 Å². The summed E-state index contributed by atoms with van der Waals surface area (Å²) >= 11 is 0. The number of carbonyl (C=O) groups is 1. The van der Waals surface area contributed by atoms with Crippen molar-refractivity contribution in [2.24, 2.45) is 0 Å². The monoisotopic (exact) mass is 270 g/mol. The Morgan fingerprint density at radius 1 is 1.45 bits per heavy atom. The van der Waals surface area contributed by atoms with Crippen molar-refractivity contribution < 1.29 is 4.79 Å². The van der Waals surface area contributed by atoms with Gasteiger partial charge in [-0.15, -0.1) is 0 Å². The van der Waals surface area contributed by atoms with Gasteiger partial charge < -0.3 is 15.6 Å². The van der Waals surface area contributed by atoms with E-state index in [-0.39, 0.29) is 11.4 Å². The Hall–Kier alpha value is -1.88. The first kappa shape index (κ1) is 11.9. The normalized spacial score (nSPS) is 28.7. The molecule has 1 aliphatic heterocycles. The first-order chi connectivity index (χ1) is 9.77. The van der Waals surface area contributed by atoms with Gasteiger partial charge in [-0.1, -0.05) is 0 Å². The van der Waals surface area contributed by atoms with Crippen LogP contribution in [0.25, 0.3) is 10.9 Å². The topological polar surface area (TPSA) is 69.8 Å². The fraction of sp³-hybridized carbons (Fsp3) is 0.467. The summed E-state index contributed by atoms with van der Waals surface area (Å²) in [6.45, 7) is 1.00. The van der Waals surface area contributed by atoms with Gasteiger partial charge in [0.05, 0.1) is 5.54 Å². The van der Waals surface area contributed by atoms with Crippen LogP contribution in [0.4, 0.5) is 0 Å². The molecule has 2 aromatic heterocycles. The summed E-state index contributed by atoms with van der Waals surface area (Å²) in [7, 11) is 0. The van der Waals surface area contributed by atoms with E-state index in [1.165, 1.54) is 6.42 Å². The molecule has 1 saturated heterocycles. The molecule has 2 atom stereocenters. The maximum Gasteiger partial charge on any atom is 0.268 e. The van der Waals surface area contributed by atoms with Crippen molar-refractivity contribution in [3.05, 3.63) is 30.2 Å². The summed E-state index contributed by atoms with van der Waals surface area (Å²) in [6, 6.07) is 4.21. The highest BCUT2D eigenvalue weighted by atomic mass is 16.2. The van der Waals surface area contributed by atoms with Gasteiger partial charge in [0.25, 0.3) is 5.91 Å². The van der Waals surface area contributed by atoms with Crippen LogP contribution < -0.4 is 10.6 Å². The second kappa shape index (κ2) is 4.31. The SMILES string of the molecule is O=C(NC12CCCC1NCC2)c1cc2cnccc2[nH]1. The molecule has 1 aliphatic carbocycles. The van der Waals surface area contributed by atoms with Crippen LogP contribution in [0.5, 0.6) is 0 Å². The summed E-state index contributed by atoms with van der Waals surface area (Å²) in [5.41, 5.74) is 1.54. The number of H-pyrrole nitrogens is 1. The van der Waals surface area contributed by atoms with E-state index in [1.54, 1.807) is 12.4 Å². The van der Waals surface area contributed by atoms with Gasteiger partial charge in [0.2, 0.25) is 0 Å². The zero-order valence-electron chi connectivity index (χ0n) is 11.3. The van der Waals surface area contributed by atoms with Crippen molar-refractivity contribution >= 4 is 16.8 Å². The van der Waals surface area contributed by atoms with Gasteiger partial charge in [0, 0.05) is 29.3 Å². The second-order valence-electron chi connectivity index (χ2n) is 5.91. The van der Waals surface area contributed by atoms with E-state index in [9.17, 15) is 4.79 Å². The molecule has 0 bridgehead atoms. The number of nitrogens with zero attached hydrogens (tertiary/aromatic N) is 1. The number of pyridine rings is 1. The number of nitrogens with one attached hydrogen (secondary N) is 3. The van der Waals surface area contributed by atoms with Crippen LogP contribution in [0.15, 0.2) is 24.5 Å². The molecule has 4 rings (SSSR count). The highest BCUT2D eigenvalue weighted by Gasteiger charge is 2.47. The van der Waals surface area contributed by atoms with Crippen LogP contribution in [0.3, 0.4) is 0 Å². The zero-order valence-corrected chi connectivity index (χ0v) is 11.3. The Balaban J connectivity index is 1.61. The molecule has 0 radical (unpaired) electrons. The number of fused-ring (bicyclic) bond motifs is 2. The van der Waals surface area contributed by atoms with Gasteiger partial charge in [-0.2, -0.15) is 0 Å². The standard InChI is InChI=1S/C15H18N4O/c20-14(12-8-10-9-16-6-3-11(10)18-12)19-15-4-1-2-13(15)17-7-5-15/h3,6,8-9,13,17-18H,1-2,4-5,7H2,(H,19,20). The molecule has 5 nitrogen and oxygen atoms in total. The molecule has 0 spiro atoms. The van der Waals surface area contributed by atoms with Crippen molar-refractivity contribution in [1.82, 2.24) is 20.6 Å². The molecule has 20 heavy (non-hydrogen) atoms. The fourth-order valence-electron chi connectivity index (χ4n) is 3.74. The Bertz CT molecular complexity index is 620. The number of rotatable bonds is 2. The highest BCUT2D eigenvalue weighted by molar-refractivity contribution is 5.98. The zero-order chi connectivity index (χ0) is 13.6. The van der Waals surface area contributed by atoms with Crippen LogP contribution in [0.1, 0.15) is 36.2 Å². The van der Waals surface area contributed by atoms with Crippen LogP contribution >= 0.6 is 0 Å². The molecule has 2 fully saturated rings. The van der Waals surface area contributed by atoms with Crippen LogP contribution in [-0.2, 0) is 0 Å². The smallest absolute Gasteiger partial charge is 0.268 e. The van der Waals surface area contributed by atoms with Crippen molar-refractivity contribution in [3.8, 4) is 0 Å². The fourth-order valence-corrected chi connectivity index (χ4v) is 3.74. The van der Waals surface area contributed by atoms with Gasteiger partial charge in [-0.05, 0) is 44.4 Å². The predicted molar refractivity (Wildman–Crippen MR) is 76.5 cm³/mol. The summed E-state index contributed by atoms with van der Waals surface area (Å²) in [4.78, 5) is 19.8. The quantitative estimate of drug-likeness (QED) is 0.776. The lowest BCUT2D eigenvalue weighted by Gasteiger charge is -2.29. The number of hydrogen-bond acceptors (Lipinski definition) is 3. The van der Waals surface area contributed by atoms with Gasteiger partial charge >= 0.3 is 0 Å². The molecular formula is C15H18N4O. The summed E-state index contributed by atoms with van der Waals surface area (Å²) in [6.07, 6.45) is 7.97. The summed E-state index contributed by atoms with van der Waals surface area (Å²) < 4.78 is 0. The average Bonchev–Trinajstić information content (AvgIpc) is 3.09. The Kier molecular flexibility index (Phi) is 2.57. The molecule has 2 unspecified atom stereocenters. The van der Waals surface area contributed by atoms with E-state index >= 15 is 0 Å². The average molecular weight is 270 g/mol. The highest BCUT2D eigenvalue weighted by Crippen LogP contribution is 2.36. The Morgan fingerprint density at radius 3 is 3.30 bits per heavy atom. The number of aromatic amines is 1. The van der Waals surface area contributed by atoms with E-state index < -0.39 is 0 Å². The van der Waals surface area contributed by atoms with E-state index in [4.69, 9.17) is 0 Å². The van der Waals surface area contributed by atoms with Crippen molar-refractivity contribution in [1.29, 1.82) is 0 Å². The van der Waals surface area contributed by atoms with E-state index in [2.05, 4.69) is 20.6 Å². The molecule has 0 aromatic carbocycles. The molecule has 2 aliphatic rings. The van der Waals surface area contributed by atoms with E-state index in [1.807, 2.05) is 12.1 Å². The lowest BCUT2D eigenvalue weighted by atomic mass is 9.93. The first-order valence-electron chi connectivity index (χ1n) is 7.25. The Morgan fingerprint density at radius 2 is 2.40 bits per heavy atom. The minimum absolute atomic E-state index is 0.00296. The van der Waals surface area contributed by atoms with Gasteiger partial charge in [-0.3, -0.25) is 9.78 Å². The van der Waals surface area contributed by atoms with Gasteiger partial charge in [0.15, 0.2) is 0 Å². The third-order valence-electron chi connectivity index (χ3n) is 4.77. The Labute approximate surface area is 117 Å². The molecule has 5 heteroatoms. The third kappa shape index (κ3) is 1.73. The molecule has 3 N–H and O–H groups in total. The van der Waals surface area contributed by atoms with Crippen LogP contribution in [-0.4, -0.2) is 34.0 Å². The second-order valence-corrected chi connectivity index (χ2v) is 5.91. The molecule has 2 aromatic rings. The summed E-state index contributed by atoms with van der Waals surface area (Å²) in [5, 5.41) is 7.76. The third-order valence-corrected chi connectivity index (χ3v) is 4.77. The molecule has 1 amide bonds. The number of carbonyl (C=O) groups excluding carboxylic acids is 1. The lowest BCUT2D eigenvalue weighted by molar-refractivity contribution is 0.0893. The predicted octanol–water partition coefficient (Wildman–Crippen LogP) is 1.58. The van der Waals surface area contributed by atoms with Crippen molar-refractivity contribution in [3.63, 3.8) is 0 Å². The number of aromatic nitrogens is 2. The minimum atomic E-state index is -0.0351. The molecular weight excluding hydrogens is 252 g/mol. The maximum absolute atomic E-state index is 12.5. The largest absolute Gasteiger partial charge is 0.350 e. The molecule has 1 saturated carbocycles. The molecule has 3 heterocycles. The summed E-state index contributed by atoms with van der Waals surface area (Å²) in [5.74, 6) is -0.00296. The van der Waals surface area contributed by atoms with E-state index in [0.717, 1.165) is 36.7 Å². The number of hydrogen-bond donors (Lipinski definition) is 3. The lowest BCUT2D eigenvalue weighted by Crippen LogP contribution is -2.52. The maximum atomic E-state index is 12.5. The number of amides is 1. The van der Waals surface area contributed by atoms with E-state index in [0.29, 0.717) is 11.7 Å². The van der Waals surface area contributed by atoms with Crippen LogP contribution in [0.2, 0.25) is 0 Å².